The Kier molecular flexibility index (Phi) is 7.39. The zero-order valence-electron chi connectivity index (χ0n) is 5.20. The van der Waals surface area contributed by atoms with Crippen LogP contribution in [0.25, 0.3) is 0 Å². The summed E-state index contributed by atoms with van der Waals surface area (Å²) in [7, 11) is 0. The van der Waals surface area contributed by atoms with Gasteiger partial charge in [-0.15, -0.1) is 24.0 Å². The van der Waals surface area contributed by atoms with Gasteiger partial charge in [-0.25, -0.2) is 0 Å². The second-order valence-corrected chi connectivity index (χ2v) is 1.37. The van der Waals surface area contributed by atoms with Crippen LogP contribution in [-0.2, 0) is 0 Å². The van der Waals surface area contributed by atoms with Gasteiger partial charge in [-0.3, -0.25) is 0 Å². The van der Waals surface area contributed by atoms with Gasteiger partial charge in [0.1, 0.15) is 11.4 Å². The minimum absolute atomic E-state index is 0. The molecule has 0 rings (SSSR count). The highest BCUT2D eigenvalue weighted by Gasteiger charge is 1.93. The topological polar surface area (TPSA) is 65.2 Å². The van der Waals surface area contributed by atoms with Crippen molar-refractivity contribution in [3.8, 4) is 0 Å². The lowest BCUT2D eigenvalue weighted by molar-refractivity contribution is 0.313. The van der Waals surface area contributed by atoms with E-state index in [1.165, 1.54) is 13.8 Å². The minimum atomic E-state index is 0. The lowest BCUT2D eigenvalue weighted by Crippen LogP contribution is -2.04. The number of hydrogen-bond donors (Lipinski definition) is 2. The van der Waals surface area contributed by atoms with Crippen molar-refractivity contribution in [1.82, 2.24) is 0 Å². The molecular formula is C4H9IN2O2. The SMILES string of the molecule is CC(=NO)C(C)=NO.I. The third-order valence-corrected chi connectivity index (χ3v) is 0.824. The van der Waals surface area contributed by atoms with Crippen LogP contribution in [0, 0.1) is 0 Å². The van der Waals surface area contributed by atoms with E-state index in [4.69, 9.17) is 10.4 Å². The molecule has 0 radical (unpaired) electrons. The molecule has 0 heterocycles. The van der Waals surface area contributed by atoms with E-state index in [0.717, 1.165) is 0 Å². The van der Waals surface area contributed by atoms with E-state index in [-0.39, 0.29) is 24.0 Å². The molecule has 0 saturated carbocycles. The quantitative estimate of drug-likeness (QED) is 0.316. The van der Waals surface area contributed by atoms with E-state index in [1.54, 1.807) is 0 Å². The highest BCUT2D eigenvalue weighted by atomic mass is 127. The molecular weight excluding hydrogens is 235 g/mol. The van der Waals surface area contributed by atoms with E-state index in [0.29, 0.717) is 11.4 Å². The van der Waals surface area contributed by atoms with Crippen LogP contribution in [0.3, 0.4) is 0 Å². The lowest BCUT2D eigenvalue weighted by Gasteiger charge is -1.88. The first-order valence-electron chi connectivity index (χ1n) is 2.10. The molecule has 0 saturated heterocycles. The van der Waals surface area contributed by atoms with Gasteiger partial charge in [0, 0.05) is 0 Å². The first-order valence-corrected chi connectivity index (χ1v) is 2.10. The molecule has 0 atom stereocenters. The average Bonchev–Trinajstić information content (AvgIpc) is 1.84. The molecule has 0 aliphatic heterocycles. The molecule has 5 heteroatoms. The summed E-state index contributed by atoms with van der Waals surface area (Å²) in [6.07, 6.45) is 0. The van der Waals surface area contributed by atoms with Crippen molar-refractivity contribution in [3.63, 3.8) is 0 Å². The van der Waals surface area contributed by atoms with Crippen molar-refractivity contribution >= 4 is 35.4 Å². The Balaban J connectivity index is 0. The third-order valence-electron chi connectivity index (χ3n) is 0.824. The summed E-state index contributed by atoms with van der Waals surface area (Å²) in [6.45, 7) is 3.07. The van der Waals surface area contributed by atoms with Gasteiger partial charge in [-0.05, 0) is 13.8 Å². The van der Waals surface area contributed by atoms with Crippen LogP contribution in [0.2, 0.25) is 0 Å². The van der Waals surface area contributed by atoms with Gasteiger partial charge < -0.3 is 10.4 Å². The maximum atomic E-state index is 8.03. The van der Waals surface area contributed by atoms with Gasteiger partial charge in [0.05, 0.1) is 0 Å². The number of nitrogens with zero attached hydrogens (tertiary/aromatic N) is 2. The summed E-state index contributed by atoms with van der Waals surface area (Å²) >= 11 is 0. The number of hydrogen-bond acceptors (Lipinski definition) is 4. The molecule has 0 unspecified atom stereocenters. The van der Waals surface area contributed by atoms with Crippen LogP contribution < -0.4 is 0 Å². The maximum Gasteiger partial charge on any atom is 0.101 e. The summed E-state index contributed by atoms with van der Waals surface area (Å²) in [5.41, 5.74) is 0.625. The van der Waals surface area contributed by atoms with Crippen LogP contribution in [0.5, 0.6) is 0 Å². The minimum Gasteiger partial charge on any atom is -0.411 e. The fraction of sp³-hybridized carbons (Fsp3) is 0.500. The van der Waals surface area contributed by atoms with Gasteiger partial charge in [0.15, 0.2) is 0 Å². The van der Waals surface area contributed by atoms with Crippen molar-refractivity contribution in [2.45, 2.75) is 13.8 Å². The molecule has 54 valence electrons. The predicted octanol–water partition coefficient (Wildman–Crippen LogP) is 1.30. The van der Waals surface area contributed by atoms with E-state index in [9.17, 15) is 0 Å². The molecule has 0 aromatic carbocycles. The highest BCUT2D eigenvalue weighted by molar-refractivity contribution is 14.0. The van der Waals surface area contributed by atoms with Crippen LogP contribution in [0.4, 0.5) is 0 Å². The Bertz CT molecular complexity index is 117. The molecule has 2 N–H and O–H groups in total. The largest absolute Gasteiger partial charge is 0.411 e. The zero-order chi connectivity index (χ0) is 6.57. The van der Waals surface area contributed by atoms with Crippen molar-refractivity contribution in [2.24, 2.45) is 10.3 Å². The molecule has 0 fully saturated rings. The second kappa shape index (κ2) is 5.80. The van der Waals surface area contributed by atoms with Gasteiger partial charge >= 0.3 is 0 Å². The fourth-order valence-electron chi connectivity index (χ4n) is 0.145. The number of oxime groups is 2. The Labute approximate surface area is 70.3 Å². The van der Waals surface area contributed by atoms with Crippen LogP contribution in [-0.4, -0.2) is 21.8 Å². The third kappa shape index (κ3) is 4.19. The Hall–Kier alpha value is -0.330. The summed E-state index contributed by atoms with van der Waals surface area (Å²) < 4.78 is 0. The highest BCUT2D eigenvalue weighted by Crippen LogP contribution is 1.79. The molecule has 0 aromatic heterocycles. The molecule has 0 aromatic rings. The fourth-order valence-corrected chi connectivity index (χ4v) is 0.145. The average molecular weight is 244 g/mol. The molecule has 0 aliphatic carbocycles. The van der Waals surface area contributed by atoms with Crippen LogP contribution >= 0.6 is 24.0 Å². The van der Waals surface area contributed by atoms with E-state index in [2.05, 4.69) is 10.3 Å². The second-order valence-electron chi connectivity index (χ2n) is 1.37. The summed E-state index contributed by atoms with van der Waals surface area (Å²) in [5.74, 6) is 0. The van der Waals surface area contributed by atoms with E-state index in [1.807, 2.05) is 0 Å². The summed E-state index contributed by atoms with van der Waals surface area (Å²) in [6, 6.07) is 0. The van der Waals surface area contributed by atoms with Gasteiger partial charge in [-0.2, -0.15) is 0 Å². The Morgan fingerprint density at radius 1 is 1.00 bits per heavy atom. The summed E-state index contributed by atoms with van der Waals surface area (Å²) in [4.78, 5) is 0. The molecule has 0 bridgehead atoms. The van der Waals surface area contributed by atoms with Gasteiger partial charge in [0.25, 0.3) is 0 Å². The standard InChI is InChI=1S/C4H8N2O2.HI/c1-3(5-7)4(2)6-8;/h7-8H,1-2H3;1H. The van der Waals surface area contributed by atoms with E-state index < -0.39 is 0 Å². The van der Waals surface area contributed by atoms with E-state index >= 15 is 0 Å². The molecule has 9 heavy (non-hydrogen) atoms. The van der Waals surface area contributed by atoms with Crippen molar-refractivity contribution in [1.29, 1.82) is 0 Å². The maximum absolute atomic E-state index is 8.03. The first-order chi connectivity index (χ1) is 3.72. The normalized spacial score (nSPS) is 12.7. The first kappa shape index (κ1) is 11.5. The molecule has 0 amide bonds. The van der Waals surface area contributed by atoms with Gasteiger partial charge in [0.2, 0.25) is 0 Å². The molecule has 0 aliphatic rings. The van der Waals surface area contributed by atoms with Crippen molar-refractivity contribution in [2.75, 3.05) is 0 Å². The number of halogens is 1. The van der Waals surface area contributed by atoms with Gasteiger partial charge in [-0.1, -0.05) is 10.3 Å². The molecule has 4 nitrogen and oxygen atoms in total. The van der Waals surface area contributed by atoms with Crippen LogP contribution in [0.1, 0.15) is 13.8 Å². The van der Waals surface area contributed by atoms with Crippen LogP contribution in [0.15, 0.2) is 10.3 Å². The van der Waals surface area contributed by atoms with Crippen molar-refractivity contribution < 1.29 is 10.4 Å². The monoisotopic (exact) mass is 244 g/mol. The van der Waals surface area contributed by atoms with Crippen molar-refractivity contribution in [3.05, 3.63) is 0 Å². The molecule has 0 spiro atoms. The summed E-state index contributed by atoms with van der Waals surface area (Å²) in [5, 5.41) is 21.6. The Morgan fingerprint density at radius 2 is 1.22 bits per heavy atom. The lowest BCUT2D eigenvalue weighted by atomic mass is 10.3. The zero-order valence-corrected chi connectivity index (χ0v) is 7.53. The predicted molar refractivity (Wildman–Crippen MR) is 45.2 cm³/mol. The number of rotatable bonds is 1. The Morgan fingerprint density at radius 3 is 1.33 bits per heavy atom. The smallest absolute Gasteiger partial charge is 0.101 e.